The van der Waals surface area contributed by atoms with Gasteiger partial charge in [0.1, 0.15) is 5.82 Å². The van der Waals surface area contributed by atoms with Gasteiger partial charge in [-0.1, -0.05) is 42.5 Å². The fourth-order valence-corrected chi connectivity index (χ4v) is 3.95. The Labute approximate surface area is 192 Å². The van der Waals surface area contributed by atoms with E-state index in [1.807, 2.05) is 30.3 Å². The number of hydrogen-bond acceptors (Lipinski definition) is 4. The normalized spacial score (nSPS) is 14.1. The van der Waals surface area contributed by atoms with E-state index in [-0.39, 0.29) is 10.7 Å². The highest BCUT2D eigenvalue weighted by molar-refractivity contribution is 7.80. The van der Waals surface area contributed by atoms with Gasteiger partial charge >= 0.3 is 0 Å². The quantitative estimate of drug-likeness (QED) is 0.571. The molecule has 1 heterocycles. The molecule has 1 fully saturated rings. The van der Waals surface area contributed by atoms with E-state index in [0.29, 0.717) is 0 Å². The van der Waals surface area contributed by atoms with Crippen molar-refractivity contribution in [3.63, 3.8) is 0 Å². The molecule has 3 aromatic rings. The van der Waals surface area contributed by atoms with Crippen molar-refractivity contribution in [1.29, 1.82) is 0 Å². The molecular formula is C25H25FN4OS. The van der Waals surface area contributed by atoms with Crippen LogP contribution >= 0.6 is 12.2 Å². The molecule has 3 aromatic carbocycles. The van der Waals surface area contributed by atoms with Gasteiger partial charge in [-0.15, -0.1) is 0 Å². The van der Waals surface area contributed by atoms with Crippen molar-refractivity contribution in [3.8, 4) is 0 Å². The summed E-state index contributed by atoms with van der Waals surface area (Å²) in [6.07, 6.45) is 0. The number of amides is 1. The lowest BCUT2D eigenvalue weighted by atomic mass is 10.2. The number of carbonyl (C=O) groups excluding carboxylic acids is 1. The fraction of sp³-hybridized carbons (Fsp3) is 0.200. The second kappa shape index (κ2) is 10.3. The number of benzene rings is 3. The predicted molar refractivity (Wildman–Crippen MR) is 130 cm³/mol. The average Bonchev–Trinajstić information content (AvgIpc) is 2.81. The molecule has 1 saturated heterocycles. The summed E-state index contributed by atoms with van der Waals surface area (Å²) in [5, 5.41) is 5.62. The number of nitrogens with one attached hydrogen (secondary N) is 2. The van der Waals surface area contributed by atoms with E-state index in [1.165, 1.54) is 23.8 Å². The second-order valence-electron chi connectivity index (χ2n) is 7.68. The van der Waals surface area contributed by atoms with Crippen molar-refractivity contribution >= 4 is 34.6 Å². The van der Waals surface area contributed by atoms with Crippen molar-refractivity contribution in [2.24, 2.45) is 0 Å². The van der Waals surface area contributed by atoms with Crippen LogP contribution in [0.15, 0.2) is 78.9 Å². The molecule has 1 aliphatic heterocycles. The molecule has 2 N–H and O–H groups in total. The van der Waals surface area contributed by atoms with Crippen LogP contribution in [0.25, 0.3) is 0 Å². The summed E-state index contributed by atoms with van der Waals surface area (Å²) in [5.41, 5.74) is 3.21. The Bertz CT molecular complexity index is 1070. The van der Waals surface area contributed by atoms with E-state index in [2.05, 4.69) is 44.7 Å². The zero-order valence-electron chi connectivity index (χ0n) is 17.6. The van der Waals surface area contributed by atoms with Crippen LogP contribution in [-0.2, 0) is 6.54 Å². The Hall–Kier alpha value is -3.29. The molecule has 1 amide bonds. The van der Waals surface area contributed by atoms with Gasteiger partial charge in [-0.25, -0.2) is 4.39 Å². The van der Waals surface area contributed by atoms with Gasteiger partial charge in [-0.2, -0.15) is 0 Å². The summed E-state index contributed by atoms with van der Waals surface area (Å²) < 4.78 is 13.7. The standard InChI is InChI=1S/C25H25FN4OS/c26-23-9-5-4-8-22(23)24(31)28-25(32)27-20-10-12-21(13-11-20)30-16-14-29(15-17-30)18-19-6-2-1-3-7-19/h1-13H,14-18H2,(H2,27,28,31,32). The van der Waals surface area contributed by atoms with Crippen LogP contribution in [-0.4, -0.2) is 42.1 Å². The molecule has 0 saturated carbocycles. The third-order valence-corrected chi connectivity index (χ3v) is 5.66. The van der Waals surface area contributed by atoms with Crippen LogP contribution in [0.5, 0.6) is 0 Å². The maximum Gasteiger partial charge on any atom is 0.260 e. The van der Waals surface area contributed by atoms with Crippen LogP contribution in [0.2, 0.25) is 0 Å². The zero-order valence-corrected chi connectivity index (χ0v) is 18.4. The summed E-state index contributed by atoms with van der Waals surface area (Å²) in [6, 6.07) is 24.3. The number of hydrogen-bond donors (Lipinski definition) is 2. The SMILES string of the molecule is O=C(NC(=S)Nc1ccc(N2CCN(Cc3ccccc3)CC2)cc1)c1ccccc1F. The Balaban J connectivity index is 1.26. The van der Waals surface area contributed by atoms with E-state index < -0.39 is 11.7 Å². The lowest BCUT2D eigenvalue weighted by Gasteiger charge is -2.36. The maximum atomic E-state index is 13.7. The highest BCUT2D eigenvalue weighted by atomic mass is 32.1. The summed E-state index contributed by atoms with van der Waals surface area (Å²) in [4.78, 5) is 17.0. The third-order valence-electron chi connectivity index (χ3n) is 5.46. The summed E-state index contributed by atoms with van der Waals surface area (Å²) in [5.74, 6) is -1.16. The number of piperazine rings is 1. The van der Waals surface area contributed by atoms with Crippen molar-refractivity contribution in [2.45, 2.75) is 6.54 Å². The molecule has 0 unspecified atom stereocenters. The van der Waals surface area contributed by atoms with Crippen LogP contribution in [0.4, 0.5) is 15.8 Å². The van der Waals surface area contributed by atoms with E-state index in [0.717, 1.165) is 44.1 Å². The Morgan fingerprint density at radius 3 is 2.22 bits per heavy atom. The van der Waals surface area contributed by atoms with Gasteiger partial charge in [0.25, 0.3) is 5.91 Å². The fourth-order valence-electron chi connectivity index (χ4n) is 3.74. The molecule has 32 heavy (non-hydrogen) atoms. The molecule has 164 valence electrons. The summed E-state index contributed by atoms with van der Waals surface area (Å²) in [7, 11) is 0. The van der Waals surface area contributed by atoms with E-state index in [4.69, 9.17) is 12.2 Å². The van der Waals surface area contributed by atoms with Crippen molar-refractivity contribution in [1.82, 2.24) is 10.2 Å². The Morgan fingerprint density at radius 1 is 0.875 bits per heavy atom. The molecule has 0 spiro atoms. The number of nitrogens with zero attached hydrogens (tertiary/aromatic N) is 2. The number of thiocarbonyl (C=S) groups is 1. The largest absolute Gasteiger partial charge is 0.369 e. The number of rotatable bonds is 5. The van der Waals surface area contributed by atoms with Gasteiger partial charge < -0.3 is 10.2 Å². The highest BCUT2D eigenvalue weighted by Gasteiger charge is 2.17. The molecule has 0 bridgehead atoms. The smallest absolute Gasteiger partial charge is 0.260 e. The van der Waals surface area contributed by atoms with Gasteiger partial charge in [0.05, 0.1) is 5.56 Å². The van der Waals surface area contributed by atoms with E-state index >= 15 is 0 Å². The summed E-state index contributed by atoms with van der Waals surface area (Å²) >= 11 is 5.20. The molecule has 0 atom stereocenters. The van der Waals surface area contributed by atoms with Gasteiger partial charge in [0, 0.05) is 44.1 Å². The minimum absolute atomic E-state index is 0.0431. The topological polar surface area (TPSA) is 47.6 Å². The predicted octanol–water partition coefficient (Wildman–Crippen LogP) is 4.27. The highest BCUT2D eigenvalue weighted by Crippen LogP contribution is 2.20. The van der Waals surface area contributed by atoms with Crippen molar-refractivity contribution in [3.05, 3.63) is 95.8 Å². The summed E-state index contributed by atoms with van der Waals surface area (Å²) in [6.45, 7) is 4.95. The molecular weight excluding hydrogens is 423 g/mol. The first kappa shape index (κ1) is 21.9. The third kappa shape index (κ3) is 5.69. The van der Waals surface area contributed by atoms with Gasteiger partial charge in [0.15, 0.2) is 5.11 Å². The van der Waals surface area contributed by atoms with Crippen molar-refractivity contribution in [2.75, 3.05) is 36.4 Å². The molecule has 0 radical (unpaired) electrons. The van der Waals surface area contributed by atoms with Gasteiger partial charge in [-0.05, 0) is 54.2 Å². The molecule has 4 rings (SSSR count). The van der Waals surface area contributed by atoms with Gasteiger partial charge in [0.2, 0.25) is 0 Å². The Morgan fingerprint density at radius 2 is 1.53 bits per heavy atom. The molecule has 5 nitrogen and oxygen atoms in total. The molecule has 0 aromatic heterocycles. The van der Waals surface area contributed by atoms with Gasteiger partial charge in [-0.3, -0.25) is 15.0 Å². The minimum atomic E-state index is -0.582. The molecule has 0 aliphatic carbocycles. The van der Waals surface area contributed by atoms with Crippen LogP contribution in [0, 0.1) is 5.82 Å². The number of halogens is 1. The average molecular weight is 449 g/mol. The first-order chi connectivity index (χ1) is 15.6. The van der Waals surface area contributed by atoms with Crippen LogP contribution in [0.1, 0.15) is 15.9 Å². The van der Waals surface area contributed by atoms with Crippen LogP contribution < -0.4 is 15.5 Å². The monoisotopic (exact) mass is 448 g/mol. The maximum absolute atomic E-state index is 13.7. The van der Waals surface area contributed by atoms with E-state index in [9.17, 15) is 9.18 Å². The second-order valence-corrected chi connectivity index (χ2v) is 8.09. The minimum Gasteiger partial charge on any atom is -0.369 e. The Kier molecular flexibility index (Phi) is 7.09. The van der Waals surface area contributed by atoms with Crippen LogP contribution in [0.3, 0.4) is 0 Å². The zero-order chi connectivity index (χ0) is 22.3. The first-order valence-electron chi connectivity index (χ1n) is 10.6. The number of carbonyl (C=O) groups is 1. The first-order valence-corrected chi connectivity index (χ1v) is 11.0. The number of anilines is 2. The lowest BCUT2D eigenvalue weighted by molar-refractivity contribution is 0.0974. The molecule has 1 aliphatic rings. The van der Waals surface area contributed by atoms with Crippen molar-refractivity contribution < 1.29 is 9.18 Å². The lowest BCUT2D eigenvalue weighted by Crippen LogP contribution is -2.45. The van der Waals surface area contributed by atoms with E-state index in [1.54, 1.807) is 6.07 Å². The molecule has 7 heteroatoms.